The number of piperazine rings is 1. The average molecular weight is 497 g/mol. The molecule has 3 rings (SSSR count). The van der Waals surface area contributed by atoms with Gasteiger partial charge in [-0.3, -0.25) is 14.9 Å². The van der Waals surface area contributed by atoms with Crippen molar-refractivity contribution in [2.75, 3.05) is 38.0 Å². The summed E-state index contributed by atoms with van der Waals surface area (Å²) in [7, 11) is 0. The molecule has 1 heterocycles. The Hall–Kier alpha value is -3.10. The highest BCUT2D eigenvalue weighted by Gasteiger charge is 2.27. The van der Waals surface area contributed by atoms with E-state index in [1.165, 1.54) is 5.56 Å². The summed E-state index contributed by atoms with van der Waals surface area (Å²) in [5, 5.41) is 14.5. The number of benzene rings is 2. The van der Waals surface area contributed by atoms with Crippen LogP contribution in [0.5, 0.6) is 0 Å². The second-order valence-electron chi connectivity index (χ2n) is 11.3. The van der Waals surface area contributed by atoms with Gasteiger partial charge in [-0.15, -0.1) is 0 Å². The van der Waals surface area contributed by atoms with Crippen LogP contribution < -0.4 is 5.32 Å². The minimum atomic E-state index is -0.534. The Morgan fingerprint density at radius 1 is 0.889 bits per heavy atom. The Morgan fingerprint density at radius 3 is 1.92 bits per heavy atom. The number of ether oxygens (including phenoxy) is 1. The molecule has 0 aliphatic carbocycles. The molecule has 2 aromatic carbocycles. The third-order valence-electron chi connectivity index (χ3n) is 6.00. The summed E-state index contributed by atoms with van der Waals surface area (Å²) < 4.78 is 5.41. The van der Waals surface area contributed by atoms with E-state index in [2.05, 4.69) is 50.4 Å². The topological polar surface area (TPSA) is 85.4 Å². The molecule has 2 N–H and O–H groups in total. The van der Waals surface area contributed by atoms with E-state index < -0.39 is 5.60 Å². The molecule has 8 nitrogen and oxygen atoms in total. The first kappa shape index (κ1) is 27.5. The van der Waals surface area contributed by atoms with Crippen molar-refractivity contribution in [3.05, 3.63) is 59.7 Å². The van der Waals surface area contributed by atoms with Gasteiger partial charge in [0.15, 0.2) is 0 Å². The van der Waals surface area contributed by atoms with E-state index in [9.17, 15) is 14.8 Å². The van der Waals surface area contributed by atoms with Gasteiger partial charge < -0.3 is 15.0 Å². The van der Waals surface area contributed by atoms with E-state index in [-0.39, 0.29) is 30.5 Å². The lowest BCUT2D eigenvalue weighted by atomic mass is 9.87. The molecule has 1 fully saturated rings. The van der Waals surface area contributed by atoms with Gasteiger partial charge in [0.2, 0.25) is 0 Å². The van der Waals surface area contributed by atoms with Crippen molar-refractivity contribution in [1.82, 2.24) is 14.9 Å². The SMILES string of the molecule is CC(C)(C)OC(=O)N1CCN(CC(=O)N(O)Cc2ccc(Nc3ccc(C(C)(C)C)cc3)cc2)CC1. The molecule has 196 valence electrons. The van der Waals surface area contributed by atoms with Crippen LogP contribution in [0.4, 0.5) is 16.2 Å². The molecule has 1 saturated heterocycles. The lowest BCUT2D eigenvalue weighted by Crippen LogP contribution is -2.52. The minimum absolute atomic E-state index is 0.100. The monoisotopic (exact) mass is 496 g/mol. The molecule has 0 unspecified atom stereocenters. The van der Waals surface area contributed by atoms with Gasteiger partial charge in [-0.05, 0) is 61.6 Å². The van der Waals surface area contributed by atoms with Crippen molar-refractivity contribution in [1.29, 1.82) is 0 Å². The fraction of sp³-hybridized carbons (Fsp3) is 0.500. The second kappa shape index (κ2) is 11.3. The van der Waals surface area contributed by atoms with E-state index in [1.54, 1.807) is 4.90 Å². The van der Waals surface area contributed by atoms with Crippen LogP contribution in [0.2, 0.25) is 0 Å². The molecule has 0 saturated carbocycles. The van der Waals surface area contributed by atoms with Crippen LogP contribution in [0.25, 0.3) is 0 Å². The highest BCUT2D eigenvalue weighted by Crippen LogP contribution is 2.25. The zero-order valence-corrected chi connectivity index (χ0v) is 22.4. The molecule has 0 bridgehead atoms. The van der Waals surface area contributed by atoms with Crippen LogP contribution >= 0.6 is 0 Å². The van der Waals surface area contributed by atoms with Gasteiger partial charge in [0.05, 0.1) is 13.1 Å². The Morgan fingerprint density at radius 2 is 1.42 bits per heavy atom. The van der Waals surface area contributed by atoms with Crippen molar-refractivity contribution in [3.8, 4) is 0 Å². The summed E-state index contributed by atoms with van der Waals surface area (Å²) >= 11 is 0. The minimum Gasteiger partial charge on any atom is -0.444 e. The first-order chi connectivity index (χ1) is 16.8. The normalized spacial score (nSPS) is 14.9. The smallest absolute Gasteiger partial charge is 0.410 e. The Labute approximate surface area is 214 Å². The molecule has 36 heavy (non-hydrogen) atoms. The van der Waals surface area contributed by atoms with Gasteiger partial charge >= 0.3 is 6.09 Å². The fourth-order valence-electron chi connectivity index (χ4n) is 3.86. The molecule has 2 amide bonds. The van der Waals surface area contributed by atoms with Crippen molar-refractivity contribution in [3.63, 3.8) is 0 Å². The summed E-state index contributed by atoms with van der Waals surface area (Å²) in [6, 6.07) is 16.0. The van der Waals surface area contributed by atoms with Gasteiger partial charge in [0, 0.05) is 37.6 Å². The molecule has 2 aromatic rings. The number of carbonyl (C=O) groups is 2. The maximum atomic E-state index is 12.5. The van der Waals surface area contributed by atoms with Crippen molar-refractivity contribution >= 4 is 23.4 Å². The van der Waals surface area contributed by atoms with Gasteiger partial charge in [0.25, 0.3) is 5.91 Å². The van der Waals surface area contributed by atoms with Crippen LogP contribution in [-0.4, -0.2) is 70.4 Å². The number of rotatable bonds is 6. The van der Waals surface area contributed by atoms with Crippen molar-refractivity contribution in [2.45, 2.75) is 59.1 Å². The summed E-state index contributed by atoms with van der Waals surface area (Å²) in [4.78, 5) is 28.3. The molecule has 8 heteroatoms. The Balaban J connectivity index is 1.44. The summed E-state index contributed by atoms with van der Waals surface area (Å²) in [6.07, 6.45) is -0.336. The number of nitrogens with zero attached hydrogens (tertiary/aromatic N) is 3. The third-order valence-corrected chi connectivity index (χ3v) is 6.00. The summed E-state index contributed by atoms with van der Waals surface area (Å²) in [5.74, 6) is -0.373. The zero-order chi connectivity index (χ0) is 26.5. The third kappa shape index (κ3) is 8.24. The maximum Gasteiger partial charge on any atom is 0.410 e. The van der Waals surface area contributed by atoms with Crippen LogP contribution in [0, 0.1) is 0 Å². The molecule has 1 aliphatic rings. The lowest BCUT2D eigenvalue weighted by molar-refractivity contribution is -0.169. The highest BCUT2D eigenvalue weighted by atomic mass is 16.6. The van der Waals surface area contributed by atoms with Crippen molar-refractivity contribution < 1.29 is 19.5 Å². The highest BCUT2D eigenvalue weighted by molar-refractivity contribution is 5.77. The Bertz CT molecular complexity index is 1020. The maximum absolute atomic E-state index is 12.5. The number of nitrogens with one attached hydrogen (secondary N) is 1. The predicted octanol–water partition coefficient (Wildman–Crippen LogP) is 5.00. The van der Waals surface area contributed by atoms with E-state index in [1.807, 2.05) is 49.9 Å². The van der Waals surface area contributed by atoms with Gasteiger partial charge in [0.1, 0.15) is 5.60 Å². The van der Waals surface area contributed by atoms with E-state index in [0.29, 0.717) is 26.2 Å². The molecule has 0 spiro atoms. The first-order valence-electron chi connectivity index (χ1n) is 12.5. The molecule has 0 atom stereocenters. The number of anilines is 2. The summed E-state index contributed by atoms with van der Waals surface area (Å²) in [6.45, 7) is 14.4. The molecule has 0 aromatic heterocycles. The largest absolute Gasteiger partial charge is 0.444 e. The number of hydrogen-bond donors (Lipinski definition) is 2. The fourth-order valence-corrected chi connectivity index (χ4v) is 3.86. The van der Waals surface area contributed by atoms with E-state index in [0.717, 1.165) is 22.0 Å². The molecule has 1 aliphatic heterocycles. The van der Waals surface area contributed by atoms with Crippen LogP contribution in [-0.2, 0) is 21.5 Å². The standard InChI is InChI=1S/C28H40N4O4/c1-27(2,3)22-9-13-24(14-10-22)29-23-11-7-21(8-12-23)19-32(35)25(33)20-30-15-17-31(18-16-30)26(34)36-28(4,5)6/h7-14,29,35H,15-20H2,1-6H3. The van der Waals surface area contributed by atoms with Crippen LogP contribution in [0.3, 0.4) is 0 Å². The van der Waals surface area contributed by atoms with Gasteiger partial charge in [-0.2, -0.15) is 0 Å². The molecular formula is C28H40N4O4. The molecule has 0 radical (unpaired) electrons. The predicted molar refractivity (Wildman–Crippen MR) is 141 cm³/mol. The van der Waals surface area contributed by atoms with Crippen LogP contribution in [0.1, 0.15) is 52.7 Å². The number of carbonyl (C=O) groups excluding carboxylic acids is 2. The van der Waals surface area contributed by atoms with Gasteiger partial charge in [-0.25, -0.2) is 9.86 Å². The lowest BCUT2D eigenvalue weighted by Gasteiger charge is -2.35. The summed E-state index contributed by atoms with van der Waals surface area (Å²) in [5.41, 5.74) is 3.62. The average Bonchev–Trinajstić information content (AvgIpc) is 2.79. The van der Waals surface area contributed by atoms with E-state index in [4.69, 9.17) is 4.74 Å². The van der Waals surface area contributed by atoms with E-state index >= 15 is 0 Å². The number of amides is 2. The first-order valence-corrected chi connectivity index (χ1v) is 12.5. The quantitative estimate of drug-likeness (QED) is 0.433. The number of hydroxylamine groups is 2. The number of hydrogen-bond acceptors (Lipinski definition) is 6. The molecular weight excluding hydrogens is 456 g/mol. The Kier molecular flexibility index (Phi) is 8.63. The van der Waals surface area contributed by atoms with Crippen molar-refractivity contribution in [2.24, 2.45) is 0 Å². The van der Waals surface area contributed by atoms with Crippen LogP contribution in [0.15, 0.2) is 48.5 Å². The van der Waals surface area contributed by atoms with Gasteiger partial charge in [-0.1, -0.05) is 45.0 Å². The zero-order valence-electron chi connectivity index (χ0n) is 22.4. The second-order valence-corrected chi connectivity index (χ2v) is 11.3.